The number of nitrogens with one attached hydrogen (secondary N) is 1. The Bertz CT molecular complexity index is 1380. The number of fused-ring (bicyclic) bond motifs is 1. The van der Waals surface area contributed by atoms with Crippen LogP contribution in [0.15, 0.2) is 84.0 Å². The van der Waals surface area contributed by atoms with Gasteiger partial charge in [-0.05, 0) is 48.8 Å². The highest BCUT2D eigenvalue weighted by atomic mass is 35.5. The number of hydrogen-bond donors (Lipinski definition) is 1. The molecule has 170 valence electrons. The minimum absolute atomic E-state index is 0.142. The fourth-order valence-corrected chi connectivity index (χ4v) is 4.79. The molecule has 1 aliphatic rings. The number of nitrogens with zero attached hydrogens (tertiary/aromatic N) is 3. The van der Waals surface area contributed by atoms with Gasteiger partial charge in [-0.2, -0.15) is 5.10 Å². The van der Waals surface area contributed by atoms with E-state index in [4.69, 9.17) is 33.9 Å². The zero-order chi connectivity index (χ0) is 23.7. The second-order valence-electron chi connectivity index (χ2n) is 8.64. The molecule has 1 N–H and O–H groups in total. The van der Waals surface area contributed by atoms with Gasteiger partial charge in [0.15, 0.2) is 5.11 Å². The molecule has 1 unspecified atom stereocenters. The standard InChI is InChI=1S/C28H25ClN4S/c1-18-11-13-21(14-12-18)24-16-25(23-15-22-10-6-7-19(2)26(22)31-27(23)29)33(32-24)28(34)30-17-20-8-4-3-5-9-20/h3-15,25H,16-17H2,1-2H3,(H,30,34). The highest BCUT2D eigenvalue weighted by molar-refractivity contribution is 7.80. The molecule has 3 aromatic carbocycles. The van der Waals surface area contributed by atoms with E-state index in [1.807, 2.05) is 29.3 Å². The molecular weight excluding hydrogens is 460 g/mol. The van der Waals surface area contributed by atoms with Crippen molar-refractivity contribution in [3.05, 3.63) is 112 Å². The van der Waals surface area contributed by atoms with Crippen molar-refractivity contribution in [2.24, 2.45) is 5.10 Å². The monoisotopic (exact) mass is 484 g/mol. The lowest BCUT2D eigenvalue weighted by Gasteiger charge is -2.25. The van der Waals surface area contributed by atoms with Crippen LogP contribution in [0.5, 0.6) is 0 Å². The van der Waals surface area contributed by atoms with Gasteiger partial charge in [-0.15, -0.1) is 0 Å². The lowest BCUT2D eigenvalue weighted by atomic mass is 9.97. The largest absolute Gasteiger partial charge is 0.357 e. The summed E-state index contributed by atoms with van der Waals surface area (Å²) >= 11 is 12.6. The first-order valence-corrected chi connectivity index (χ1v) is 12.1. The summed E-state index contributed by atoms with van der Waals surface area (Å²) in [6.07, 6.45) is 0.689. The summed E-state index contributed by atoms with van der Waals surface area (Å²) in [5.74, 6) is 0. The second kappa shape index (κ2) is 9.53. The Morgan fingerprint density at radius 2 is 1.79 bits per heavy atom. The minimum Gasteiger partial charge on any atom is -0.357 e. The molecule has 4 nitrogen and oxygen atoms in total. The van der Waals surface area contributed by atoms with Crippen LogP contribution in [-0.2, 0) is 6.54 Å². The zero-order valence-electron chi connectivity index (χ0n) is 19.1. The first-order valence-electron chi connectivity index (χ1n) is 11.3. The zero-order valence-corrected chi connectivity index (χ0v) is 20.7. The fraction of sp³-hybridized carbons (Fsp3) is 0.179. The topological polar surface area (TPSA) is 40.5 Å². The van der Waals surface area contributed by atoms with Gasteiger partial charge in [-0.3, -0.25) is 0 Å². The number of hydrogen-bond acceptors (Lipinski definition) is 3. The van der Waals surface area contributed by atoms with Crippen molar-refractivity contribution in [3.8, 4) is 0 Å². The van der Waals surface area contributed by atoms with Crippen LogP contribution in [0.3, 0.4) is 0 Å². The molecule has 0 saturated heterocycles. The molecule has 1 aliphatic heterocycles. The van der Waals surface area contributed by atoms with Gasteiger partial charge in [0, 0.05) is 23.9 Å². The molecule has 0 spiro atoms. The number of para-hydroxylation sites is 1. The molecule has 0 amide bonds. The molecule has 0 aliphatic carbocycles. The van der Waals surface area contributed by atoms with Crippen LogP contribution in [0.25, 0.3) is 10.9 Å². The molecule has 0 radical (unpaired) electrons. The lowest BCUT2D eigenvalue weighted by Crippen LogP contribution is -2.36. The van der Waals surface area contributed by atoms with E-state index in [2.05, 4.69) is 73.8 Å². The van der Waals surface area contributed by atoms with Gasteiger partial charge in [0.2, 0.25) is 0 Å². The number of thiocarbonyl (C=S) groups is 1. The van der Waals surface area contributed by atoms with Crippen LogP contribution in [0.1, 0.15) is 40.3 Å². The van der Waals surface area contributed by atoms with Gasteiger partial charge < -0.3 is 5.32 Å². The predicted octanol–water partition coefficient (Wildman–Crippen LogP) is 6.73. The summed E-state index contributed by atoms with van der Waals surface area (Å²) in [6, 6.07) is 26.8. The number of rotatable bonds is 4. The van der Waals surface area contributed by atoms with E-state index in [-0.39, 0.29) is 6.04 Å². The quantitative estimate of drug-likeness (QED) is 0.257. The maximum atomic E-state index is 6.76. The molecule has 0 bridgehead atoms. The van der Waals surface area contributed by atoms with Gasteiger partial charge in [0.25, 0.3) is 0 Å². The van der Waals surface area contributed by atoms with Crippen molar-refractivity contribution in [2.45, 2.75) is 32.9 Å². The van der Waals surface area contributed by atoms with E-state index in [1.165, 1.54) is 5.56 Å². The van der Waals surface area contributed by atoms with Crippen LogP contribution in [0, 0.1) is 13.8 Å². The number of benzene rings is 3. The van der Waals surface area contributed by atoms with Crippen molar-refractivity contribution in [1.29, 1.82) is 0 Å². The average Bonchev–Trinajstić information content (AvgIpc) is 3.29. The summed E-state index contributed by atoms with van der Waals surface area (Å²) in [6.45, 7) is 4.76. The summed E-state index contributed by atoms with van der Waals surface area (Å²) in [7, 11) is 0. The molecule has 5 rings (SSSR count). The maximum absolute atomic E-state index is 6.76. The number of pyridine rings is 1. The maximum Gasteiger partial charge on any atom is 0.190 e. The van der Waals surface area contributed by atoms with Gasteiger partial charge in [-0.1, -0.05) is 90.0 Å². The van der Waals surface area contributed by atoms with Crippen LogP contribution >= 0.6 is 23.8 Å². The van der Waals surface area contributed by atoms with Crippen LogP contribution in [0.4, 0.5) is 0 Å². The van der Waals surface area contributed by atoms with Gasteiger partial charge in [0.1, 0.15) is 5.15 Å². The molecule has 4 aromatic rings. The molecular formula is C28H25ClN4S. The van der Waals surface area contributed by atoms with Crippen molar-refractivity contribution in [3.63, 3.8) is 0 Å². The summed E-state index contributed by atoms with van der Waals surface area (Å²) in [5.41, 5.74) is 7.39. The van der Waals surface area contributed by atoms with Crippen LogP contribution < -0.4 is 5.32 Å². The van der Waals surface area contributed by atoms with Gasteiger partial charge in [-0.25, -0.2) is 9.99 Å². The number of aromatic nitrogens is 1. The molecule has 0 saturated carbocycles. The highest BCUT2D eigenvalue weighted by Gasteiger charge is 2.33. The summed E-state index contributed by atoms with van der Waals surface area (Å²) in [5, 5.41) is 12.3. The van der Waals surface area contributed by atoms with E-state index in [0.29, 0.717) is 23.2 Å². The van der Waals surface area contributed by atoms with Crippen molar-refractivity contribution in [2.75, 3.05) is 0 Å². The Balaban J connectivity index is 1.50. The van der Waals surface area contributed by atoms with Crippen LogP contribution in [0.2, 0.25) is 5.15 Å². The third-order valence-electron chi connectivity index (χ3n) is 6.18. The Kier molecular flexibility index (Phi) is 6.31. The van der Waals surface area contributed by atoms with E-state index in [1.54, 1.807) is 0 Å². The van der Waals surface area contributed by atoms with Crippen molar-refractivity contribution in [1.82, 2.24) is 15.3 Å². The average molecular weight is 485 g/mol. The van der Waals surface area contributed by atoms with E-state index < -0.39 is 0 Å². The van der Waals surface area contributed by atoms with E-state index in [9.17, 15) is 0 Å². The van der Waals surface area contributed by atoms with Crippen LogP contribution in [-0.4, -0.2) is 20.8 Å². The Morgan fingerprint density at radius 3 is 2.56 bits per heavy atom. The minimum atomic E-state index is -0.142. The van der Waals surface area contributed by atoms with E-state index in [0.717, 1.165) is 38.9 Å². The smallest absolute Gasteiger partial charge is 0.190 e. The van der Waals surface area contributed by atoms with Crippen molar-refractivity contribution >= 4 is 45.5 Å². The molecule has 34 heavy (non-hydrogen) atoms. The Morgan fingerprint density at radius 1 is 1.03 bits per heavy atom. The highest BCUT2D eigenvalue weighted by Crippen LogP contribution is 2.37. The van der Waals surface area contributed by atoms with Crippen molar-refractivity contribution < 1.29 is 0 Å². The van der Waals surface area contributed by atoms with E-state index >= 15 is 0 Å². The molecule has 0 fully saturated rings. The van der Waals surface area contributed by atoms with Gasteiger partial charge >= 0.3 is 0 Å². The summed E-state index contributed by atoms with van der Waals surface area (Å²) < 4.78 is 0. The predicted molar refractivity (Wildman–Crippen MR) is 144 cm³/mol. The number of aryl methyl sites for hydroxylation is 2. The van der Waals surface area contributed by atoms with Gasteiger partial charge in [0.05, 0.1) is 17.3 Å². The molecule has 2 heterocycles. The molecule has 1 aromatic heterocycles. The Hall–Kier alpha value is -3.28. The first-order chi connectivity index (χ1) is 16.5. The summed E-state index contributed by atoms with van der Waals surface area (Å²) in [4.78, 5) is 4.74. The third-order valence-corrected chi connectivity index (χ3v) is 6.81. The SMILES string of the molecule is Cc1ccc(C2=NN(C(=S)NCc3ccccc3)C(c3cc4cccc(C)c4nc3Cl)C2)cc1. The molecule has 6 heteroatoms. The second-order valence-corrected chi connectivity index (χ2v) is 9.38. The third kappa shape index (κ3) is 4.54. The molecule has 1 atom stereocenters. The number of halogens is 1. The lowest BCUT2D eigenvalue weighted by molar-refractivity contribution is 0.363. The normalized spacial score (nSPS) is 15.4. The number of hydrazone groups is 1. The first kappa shape index (κ1) is 22.5. The fourth-order valence-electron chi connectivity index (χ4n) is 4.29. The Labute approximate surface area is 210 Å².